The molecule has 0 N–H and O–H groups in total. The highest BCUT2D eigenvalue weighted by atomic mass is 16.5. The van der Waals surface area contributed by atoms with Crippen LogP contribution in [0.25, 0.3) is 0 Å². The van der Waals surface area contributed by atoms with Gasteiger partial charge in [0.25, 0.3) is 0 Å². The SMILES string of the molecule is C=CC(=O)OC(CCCC)C(=O)C=CC. The quantitative estimate of drug-likeness (QED) is 0.478. The molecule has 0 aliphatic rings. The second kappa shape index (κ2) is 7.97. The molecule has 0 aromatic heterocycles. The lowest BCUT2D eigenvalue weighted by atomic mass is 10.1. The van der Waals surface area contributed by atoms with Crippen molar-refractivity contribution in [1.82, 2.24) is 0 Å². The number of hydrogen-bond acceptors (Lipinski definition) is 3. The van der Waals surface area contributed by atoms with Crippen molar-refractivity contribution in [1.29, 1.82) is 0 Å². The molecule has 0 aliphatic heterocycles. The number of hydrogen-bond donors (Lipinski definition) is 0. The molecule has 1 atom stereocenters. The molecule has 0 saturated heterocycles. The lowest BCUT2D eigenvalue weighted by Gasteiger charge is -2.13. The van der Waals surface area contributed by atoms with E-state index < -0.39 is 12.1 Å². The zero-order valence-corrected chi connectivity index (χ0v) is 9.36. The Labute approximate surface area is 90.8 Å². The monoisotopic (exact) mass is 210 g/mol. The first-order chi connectivity index (χ1) is 7.15. The van der Waals surface area contributed by atoms with Crippen molar-refractivity contribution in [2.45, 2.75) is 39.2 Å². The molecule has 0 heterocycles. The van der Waals surface area contributed by atoms with Crippen molar-refractivity contribution >= 4 is 11.8 Å². The third-order valence-electron chi connectivity index (χ3n) is 1.89. The van der Waals surface area contributed by atoms with Crippen LogP contribution in [0, 0.1) is 0 Å². The molecule has 0 rings (SSSR count). The molecular formula is C12H18O3. The van der Waals surface area contributed by atoms with Crippen LogP contribution in [-0.2, 0) is 14.3 Å². The summed E-state index contributed by atoms with van der Waals surface area (Å²) in [6.07, 6.45) is 5.87. The van der Waals surface area contributed by atoms with Crippen LogP contribution < -0.4 is 0 Å². The van der Waals surface area contributed by atoms with E-state index in [1.54, 1.807) is 13.0 Å². The molecule has 0 aromatic carbocycles. The van der Waals surface area contributed by atoms with Crippen molar-refractivity contribution in [3.8, 4) is 0 Å². The number of carbonyl (C=O) groups excluding carboxylic acids is 2. The van der Waals surface area contributed by atoms with E-state index in [4.69, 9.17) is 4.74 Å². The molecule has 0 saturated carbocycles. The van der Waals surface area contributed by atoms with Crippen molar-refractivity contribution in [2.75, 3.05) is 0 Å². The molecule has 0 aliphatic carbocycles. The van der Waals surface area contributed by atoms with Crippen LogP contribution >= 0.6 is 0 Å². The van der Waals surface area contributed by atoms with Crippen LogP contribution in [0.3, 0.4) is 0 Å². The fourth-order valence-electron chi connectivity index (χ4n) is 1.11. The lowest BCUT2D eigenvalue weighted by molar-refractivity contribution is -0.149. The Morgan fingerprint density at radius 1 is 1.47 bits per heavy atom. The summed E-state index contributed by atoms with van der Waals surface area (Å²) in [5.74, 6) is -0.713. The van der Waals surface area contributed by atoms with Crippen LogP contribution in [-0.4, -0.2) is 17.9 Å². The van der Waals surface area contributed by atoms with Gasteiger partial charge in [-0.3, -0.25) is 4.79 Å². The van der Waals surface area contributed by atoms with Crippen molar-refractivity contribution in [3.63, 3.8) is 0 Å². The highest BCUT2D eigenvalue weighted by Crippen LogP contribution is 2.07. The Morgan fingerprint density at radius 2 is 2.13 bits per heavy atom. The lowest BCUT2D eigenvalue weighted by Crippen LogP contribution is -2.25. The Bertz CT molecular complexity index is 254. The van der Waals surface area contributed by atoms with Gasteiger partial charge in [0.1, 0.15) is 0 Å². The highest BCUT2D eigenvalue weighted by molar-refractivity contribution is 5.95. The van der Waals surface area contributed by atoms with E-state index in [0.717, 1.165) is 18.9 Å². The summed E-state index contributed by atoms with van der Waals surface area (Å²) in [4.78, 5) is 22.5. The van der Waals surface area contributed by atoms with Gasteiger partial charge in [-0.25, -0.2) is 4.79 Å². The number of ether oxygens (including phenoxy) is 1. The third kappa shape index (κ3) is 5.83. The standard InChI is InChI=1S/C12H18O3/c1-4-7-9-11(10(13)8-5-2)15-12(14)6-3/h5-6,8,11H,3-4,7,9H2,1-2H3. The normalized spacial score (nSPS) is 12.4. The minimum Gasteiger partial charge on any atom is -0.451 e. The third-order valence-corrected chi connectivity index (χ3v) is 1.89. The molecule has 0 radical (unpaired) electrons. The molecular weight excluding hydrogens is 192 g/mol. The maximum absolute atomic E-state index is 11.5. The Balaban J connectivity index is 4.35. The fourth-order valence-corrected chi connectivity index (χ4v) is 1.11. The van der Waals surface area contributed by atoms with Gasteiger partial charge in [-0.15, -0.1) is 0 Å². The molecule has 0 bridgehead atoms. The molecule has 0 fully saturated rings. The second-order valence-electron chi connectivity index (χ2n) is 3.17. The van der Waals surface area contributed by atoms with E-state index in [1.165, 1.54) is 6.08 Å². The van der Waals surface area contributed by atoms with Crippen molar-refractivity contribution in [3.05, 3.63) is 24.8 Å². The Kier molecular flexibility index (Phi) is 7.24. The molecule has 0 aromatic rings. The maximum Gasteiger partial charge on any atom is 0.330 e. The summed E-state index contributed by atoms with van der Waals surface area (Å²) in [6.45, 7) is 7.07. The summed E-state index contributed by atoms with van der Waals surface area (Å²) in [6, 6.07) is 0. The number of ketones is 1. The average molecular weight is 210 g/mol. The molecule has 0 amide bonds. The number of unbranched alkanes of at least 4 members (excludes halogenated alkanes) is 1. The topological polar surface area (TPSA) is 43.4 Å². The van der Waals surface area contributed by atoms with Crippen LogP contribution in [0.4, 0.5) is 0 Å². The number of carbonyl (C=O) groups is 2. The van der Waals surface area contributed by atoms with Gasteiger partial charge in [0, 0.05) is 6.08 Å². The first-order valence-electron chi connectivity index (χ1n) is 5.15. The molecule has 15 heavy (non-hydrogen) atoms. The van der Waals surface area contributed by atoms with Gasteiger partial charge >= 0.3 is 5.97 Å². The molecule has 3 heteroatoms. The minimum atomic E-state index is -0.661. The Hall–Kier alpha value is -1.38. The zero-order valence-electron chi connectivity index (χ0n) is 9.36. The summed E-state index contributed by atoms with van der Waals surface area (Å²) in [7, 11) is 0. The predicted octanol–water partition coefficient (Wildman–Crippen LogP) is 2.42. The van der Waals surface area contributed by atoms with Crippen LogP contribution in [0.15, 0.2) is 24.8 Å². The second-order valence-corrected chi connectivity index (χ2v) is 3.17. The Morgan fingerprint density at radius 3 is 2.60 bits per heavy atom. The van der Waals surface area contributed by atoms with E-state index in [2.05, 4.69) is 6.58 Å². The van der Waals surface area contributed by atoms with Gasteiger partial charge < -0.3 is 4.74 Å². The number of esters is 1. The summed E-state index contributed by atoms with van der Waals surface area (Å²) >= 11 is 0. The van der Waals surface area contributed by atoms with Gasteiger partial charge in [0.15, 0.2) is 11.9 Å². The van der Waals surface area contributed by atoms with Gasteiger partial charge in [0.05, 0.1) is 0 Å². The van der Waals surface area contributed by atoms with Crippen molar-refractivity contribution < 1.29 is 14.3 Å². The van der Waals surface area contributed by atoms with E-state index in [1.807, 2.05) is 6.92 Å². The van der Waals surface area contributed by atoms with Crippen molar-refractivity contribution in [2.24, 2.45) is 0 Å². The average Bonchev–Trinajstić information content (AvgIpc) is 2.24. The summed E-state index contributed by atoms with van der Waals surface area (Å²) in [5.41, 5.74) is 0. The molecule has 84 valence electrons. The van der Waals surface area contributed by atoms with Gasteiger partial charge in [0.2, 0.25) is 0 Å². The van der Waals surface area contributed by atoms with E-state index in [9.17, 15) is 9.59 Å². The summed E-state index contributed by atoms with van der Waals surface area (Å²) < 4.78 is 4.96. The van der Waals surface area contributed by atoms with Gasteiger partial charge in [-0.1, -0.05) is 26.0 Å². The fraction of sp³-hybridized carbons (Fsp3) is 0.500. The first kappa shape index (κ1) is 13.6. The molecule has 1 unspecified atom stereocenters. The van der Waals surface area contributed by atoms with E-state index >= 15 is 0 Å². The largest absolute Gasteiger partial charge is 0.451 e. The maximum atomic E-state index is 11.5. The number of allylic oxidation sites excluding steroid dienone is 1. The highest BCUT2D eigenvalue weighted by Gasteiger charge is 2.18. The van der Waals surface area contributed by atoms with Crippen LogP contribution in [0.5, 0.6) is 0 Å². The van der Waals surface area contributed by atoms with Gasteiger partial charge in [-0.05, 0) is 25.8 Å². The van der Waals surface area contributed by atoms with Crippen LogP contribution in [0.2, 0.25) is 0 Å². The molecule has 3 nitrogen and oxygen atoms in total. The first-order valence-corrected chi connectivity index (χ1v) is 5.15. The molecule has 0 spiro atoms. The smallest absolute Gasteiger partial charge is 0.330 e. The predicted molar refractivity (Wildman–Crippen MR) is 59.4 cm³/mol. The zero-order chi connectivity index (χ0) is 11.7. The van der Waals surface area contributed by atoms with E-state index in [-0.39, 0.29) is 5.78 Å². The minimum absolute atomic E-state index is 0.166. The van der Waals surface area contributed by atoms with Gasteiger partial charge in [-0.2, -0.15) is 0 Å². The number of rotatable bonds is 7. The van der Waals surface area contributed by atoms with E-state index in [0.29, 0.717) is 6.42 Å². The van der Waals surface area contributed by atoms with Crippen LogP contribution in [0.1, 0.15) is 33.1 Å². The summed E-state index contributed by atoms with van der Waals surface area (Å²) in [5, 5.41) is 0.